The molecule has 5 heavy (non-hydrogen) atoms. The van der Waals surface area contributed by atoms with E-state index in [1.165, 1.54) is 0 Å². The Kier molecular flexibility index (Phi) is 16.1. The van der Waals surface area contributed by atoms with Gasteiger partial charge in [-0.1, -0.05) is 6.08 Å². The zero-order valence-corrected chi connectivity index (χ0v) is 4.43. The van der Waals surface area contributed by atoms with Crippen LogP contribution in [0, 0.1) is 0 Å². The third-order valence-electron chi connectivity index (χ3n) is 0.109. The summed E-state index contributed by atoms with van der Waals surface area (Å²) in [7, 11) is 0. The molecular weight excluding hydrogens is 130 g/mol. The fourth-order valence-electron chi connectivity index (χ4n) is 0. The molecule has 0 fully saturated rings. The third kappa shape index (κ3) is 12.4. The second-order valence-electron chi connectivity index (χ2n) is 0.443. The molecule has 0 aliphatic carbocycles. The van der Waals surface area contributed by atoms with Crippen LogP contribution in [0.3, 0.4) is 0 Å². The van der Waals surface area contributed by atoms with Gasteiger partial charge in [0.25, 0.3) is 0 Å². The molecule has 0 bridgehead atoms. The molecule has 0 aromatic heterocycles. The van der Waals surface area contributed by atoms with Crippen molar-refractivity contribution in [2.45, 2.75) is 0 Å². The second kappa shape index (κ2) is 8.82. The van der Waals surface area contributed by atoms with E-state index in [0.29, 0.717) is 5.88 Å². The van der Waals surface area contributed by atoms with E-state index in [4.69, 9.17) is 11.6 Å². The third-order valence-corrected chi connectivity index (χ3v) is 0.327. The summed E-state index contributed by atoms with van der Waals surface area (Å²) in [5.74, 6) is 0.556. The first-order valence-electron chi connectivity index (χ1n) is 1.08. The van der Waals surface area contributed by atoms with E-state index in [9.17, 15) is 0 Å². The van der Waals surface area contributed by atoms with Crippen LogP contribution in [-0.2, 0) is 16.5 Å². The Morgan fingerprint density at radius 1 is 1.80 bits per heavy atom. The van der Waals surface area contributed by atoms with E-state index in [-0.39, 0.29) is 16.5 Å². The largest absolute Gasteiger partial charge is 2.00 e. The fourth-order valence-corrected chi connectivity index (χ4v) is 0. The second-order valence-corrected chi connectivity index (χ2v) is 0.752. The summed E-state index contributed by atoms with van der Waals surface area (Å²) in [5.41, 5.74) is 0. The van der Waals surface area contributed by atoms with Crippen molar-refractivity contribution in [1.29, 1.82) is 0 Å². The van der Waals surface area contributed by atoms with Crippen molar-refractivity contribution in [3.63, 3.8) is 0 Å². The number of hydrogen-bond acceptors (Lipinski definition) is 0. The summed E-state index contributed by atoms with van der Waals surface area (Å²) < 4.78 is 0. The minimum Gasteiger partial charge on any atom is -0.122 e. The maximum Gasteiger partial charge on any atom is 2.00 e. The molecule has 2 heteroatoms. The quantitative estimate of drug-likeness (QED) is 0.290. The number of alkyl halides is 1. The van der Waals surface area contributed by atoms with Gasteiger partial charge in [-0.25, -0.2) is 0 Å². The summed E-state index contributed by atoms with van der Waals surface area (Å²) >= 11 is 5.07. The van der Waals surface area contributed by atoms with Crippen LogP contribution < -0.4 is 0 Å². The molecule has 0 amide bonds. The predicted molar refractivity (Wildman–Crippen MR) is 20.9 cm³/mol. The summed E-state index contributed by atoms with van der Waals surface area (Å²) in [6, 6.07) is 0. The molecule has 0 aliphatic rings. The standard InChI is InChI=1S/C3H5Cl.Ni/c1-2-3-4;/h2H,1,3H2;/q;+2. The van der Waals surface area contributed by atoms with E-state index in [1.807, 2.05) is 0 Å². The maximum atomic E-state index is 5.07. The molecule has 0 atom stereocenters. The van der Waals surface area contributed by atoms with Crippen LogP contribution in [0.1, 0.15) is 0 Å². The topological polar surface area (TPSA) is 0 Å². The molecule has 0 spiro atoms. The van der Waals surface area contributed by atoms with Crippen molar-refractivity contribution in [2.75, 3.05) is 5.88 Å². The van der Waals surface area contributed by atoms with Gasteiger partial charge in [0.05, 0.1) is 0 Å². The van der Waals surface area contributed by atoms with Gasteiger partial charge in [-0.3, -0.25) is 0 Å². The SMILES string of the molecule is C=CCCl.[Ni+2]. The van der Waals surface area contributed by atoms with Gasteiger partial charge >= 0.3 is 16.5 Å². The molecule has 0 heterocycles. The van der Waals surface area contributed by atoms with Crippen LogP contribution in [0.4, 0.5) is 0 Å². The molecule has 0 aliphatic heterocycles. The van der Waals surface area contributed by atoms with Crippen LogP contribution in [-0.4, -0.2) is 5.88 Å². The van der Waals surface area contributed by atoms with Crippen molar-refractivity contribution in [1.82, 2.24) is 0 Å². The van der Waals surface area contributed by atoms with Crippen molar-refractivity contribution in [3.05, 3.63) is 12.7 Å². The summed E-state index contributed by atoms with van der Waals surface area (Å²) in [6.07, 6.45) is 1.64. The van der Waals surface area contributed by atoms with Crippen molar-refractivity contribution < 1.29 is 16.5 Å². The maximum absolute atomic E-state index is 5.07. The smallest absolute Gasteiger partial charge is 0.122 e. The molecule has 0 nitrogen and oxygen atoms in total. The van der Waals surface area contributed by atoms with Gasteiger partial charge in [0.15, 0.2) is 0 Å². The van der Waals surface area contributed by atoms with Gasteiger partial charge in [-0.2, -0.15) is 0 Å². The van der Waals surface area contributed by atoms with Gasteiger partial charge in [-0.15, -0.1) is 18.2 Å². The van der Waals surface area contributed by atoms with Crippen molar-refractivity contribution in [3.8, 4) is 0 Å². The molecule has 0 aromatic rings. The minimum atomic E-state index is 0. The van der Waals surface area contributed by atoms with Crippen LogP contribution in [0.5, 0.6) is 0 Å². The first-order valence-corrected chi connectivity index (χ1v) is 1.62. The minimum absolute atomic E-state index is 0. The molecule has 0 rings (SSSR count). The van der Waals surface area contributed by atoms with Crippen molar-refractivity contribution in [2.24, 2.45) is 0 Å². The van der Waals surface area contributed by atoms with E-state index in [2.05, 4.69) is 6.58 Å². The van der Waals surface area contributed by atoms with Gasteiger partial charge in [0.1, 0.15) is 0 Å². The van der Waals surface area contributed by atoms with Crippen LogP contribution in [0.2, 0.25) is 0 Å². The summed E-state index contributed by atoms with van der Waals surface area (Å²) in [4.78, 5) is 0. The van der Waals surface area contributed by atoms with Gasteiger partial charge in [0.2, 0.25) is 0 Å². The Morgan fingerprint density at radius 3 is 2.00 bits per heavy atom. The Hall–Kier alpha value is 0.524. The Labute approximate surface area is 47.1 Å². The van der Waals surface area contributed by atoms with Gasteiger partial charge in [0, 0.05) is 5.88 Å². The molecule has 0 saturated heterocycles. The first-order chi connectivity index (χ1) is 1.91. The Balaban J connectivity index is 0. The van der Waals surface area contributed by atoms with E-state index < -0.39 is 0 Å². The Morgan fingerprint density at radius 2 is 2.00 bits per heavy atom. The molecular formula is C3H5ClNi+2. The van der Waals surface area contributed by atoms with Crippen molar-refractivity contribution >= 4 is 11.6 Å². The van der Waals surface area contributed by atoms with Crippen LogP contribution in [0.15, 0.2) is 12.7 Å². The Bertz CT molecular complexity index is 20.9. The number of allylic oxidation sites excluding steroid dienone is 1. The zero-order chi connectivity index (χ0) is 3.41. The zero-order valence-electron chi connectivity index (χ0n) is 2.69. The average molecular weight is 135 g/mol. The van der Waals surface area contributed by atoms with Crippen LogP contribution in [0.25, 0.3) is 0 Å². The number of hydrogen-bond donors (Lipinski definition) is 0. The molecule has 0 unspecified atom stereocenters. The average Bonchev–Trinajstić information content (AvgIpc) is 1.37. The fraction of sp³-hybridized carbons (Fsp3) is 0.333. The summed E-state index contributed by atoms with van der Waals surface area (Å²) in [6.45, 7) is 3.35. The predicted octanol–water partition coefficient (Wildman–Crippen LogP) is 1.41. The van der Waals surface area contributed by atoms with Gasteiger partial charge < -0.3 is 0 Å². The molecule has 0 radical (unpaired) electrons. The van der Waals surface area contributed by atoms with Gasteiger partial charge in [-0.05, 0) is 0 Å². The first kappa shape index (κ1) is 9.10. The van der Waals surface area contributed by atoms with E-state index in [1.54, 1.807) is 6.08 Å². The summed E-state index contributed by atoms with van der Waals surface area (Å²) in [5, 5.41) is 0. The molecule has 0 saturated carbocycles. The number of halogens is 1. The molecule has 32 valence electrons. The van der Waals surface area contributed by atoms with E-state index in [0.717, 1.165) is 0 Å². The monoisotopic (exact) mass is 134 g/mol. The molecule has 0 N–H and O–H groups in total. The normalized spacial score (nSPS) is 5.00. The van der Waals surface area contributed by atoms with E-state index >= 15 is 0 Å². The van der Waals surface area contributed by atoms with Crippen LogP contribution >= 0.6 is 11.6 Å². The number of rotatable bonds is 1. The molecule has 0 aromatic carbocycles.